The lowest BCUT2D eigenvalue weighted by Gasteiger charge is -2.08. The molecule has 0 aliphatic heterocycles. The van der Waals surface area contributed by atoms with Crippen LogP contribution in [0.2, 0.25) is 0 Å². The molecule has 0 aromatic heterocycles. The number of halogens is 2. The molecule has 82 valence electrons. The van der Waals surface area contributed by atoms with E-state index in [9.17, 15) is 13.6 Å². The molecule has 1 rings (SSSR count). The van der Waals surface area contributed by atoms with Crippen molar-refractivity contribution in [3.8, 4) is 5.75 Å². The number of alkyl halides is 2. The molecule has 1 aromatic carbocycles. The van der Waals surface area contributed by atoms with Crippen molar-refractivity contribution in [2.24, 2.45) is 5.73 Å². The second kappa shape index (κ2) is 4.84. The van der Waals surface area contributed by atoms with E-state index in [1.807, 2.05) is 0 Å². The zero-order chi connectivity index (χ0) is 11.4. The summed E-state index contributed by atoms with van der Waals surface area (Å²) in [6.07, 6.45) is -2.69. The Hall–Kier alpha value is -1.49. The van der Waals surface area contributed by atoms with Gasteiger partial charge < -0.3 is 10.5 Å². The Labute approximate surface area is 85.8 Å². The molecule has 0 radical (unpaired) electrons. The fraction of sp³-hybridized carbons (Fsp3) is 0.300. The largest absolute Gasteiger partial charge is 0.497 e. The number of benzene rings is 1. The molecule has 1 aromatic rings. The average molecular weight is 215 g/mol. The molecule has 0 aliphatic rings. The first-order chi connectivity index (χ1) is 7.10. The van der Waals surface area contributed by atoms with Crippen LogP contribution in [0.4, 0.5) is 8.78 Å². The molecule has 15 heavy (non-hydrogen) atoms. The van der Waals surface area contributed by atoms with E-state index in [1.165, 1.54) is 25.3 Å². The number of rotatable bonds is 4. The van der Waals surface area contributed by atoms with Gasteiger partial charge in [-0.1, -0.05) is 0 Å². The van der Waals surface area contributed by atoms with E-state index in [2.05, 4.69) is 0 Å². The predicted molar refractivity (Wildman–Crippen MR) is 51.3 cm³/mol. The quantitative estimate of drug-likeness (QED) is 0.779. The summed E-state index contributed by atoms with van der Waals surface area (Å²) in [5, 5.41) is 0. The monoisotopic (exact) mass is 215 g/mol. The molecule has 0 unspecified atom stereocenters. The summed E-state index contributed by atoms with van der Waals surface area (Å²) < 4.78 is 29.9. The Balaban J connectivity index is 3.22. The van der Waals surface area contributed by atoms with Gasteiger partial charge in [-0.2, -0.15) is 0 Å². The highest BCUT2D eigenvalue weighted by Gasteiger charge is 2.17. The van der Waals surface area contributed by atoms with Gasteiger partial charge in [-0.15, -0.1) is 0 Å². The summed E-state index contributed by atoms with van der Waals surface area (Å²) in [7, 11) is 1.40. The highest BCUT2D eigenvalue weighted by Crippen LogP contribution is 2.26. The topological polar surface area (TPSA) is 52.3 Å². The van der Waals surface area contributed by atoms with Gasteiger partial charge in [-0.25, -0.2) is 8.78 Å². The lowest BCUT2D eigenvalue weighted by Crippen LogP contribution is -2.15. The van der Waals surface area contributed by atoms with Crippen LogP contribution in [-0.2, 0) is 0 Å². The second-order valence-electron chi connectivity index (χ2n) is 2.88. The third kappa shape index (κ3) is 2.50. The van der Waals surface area contributed by atoms with Crippen molar-refractivity contribution in [3.05, 3.63) is 29.3 Å². The number of hydrogen-bond donors (Lipinski definition) is 1. The molecular weight excluding hydrogens is 204 g/mol. The fourth-order valence-electron chi connectivity index (χ4n) is 1.20. The molecule has 2 N–H and O–H groups in total. The average Bonchev–Trinajstić information content (AvgIpc) is 2.26. The molecule has 3 nitrogen and oxygen atoms in total. The van der Waals surface area contributed by atoms with Crippen molar-refractivity contribution in [2.45, 2.75) is 6.43 Å². The molecule has 0 amide bonds. The zero-order valence-electron chi connectivity index (χ0n) is 8.17. The number of Topliss-reactive ketones (excluding diaryl/α,β-unsaturated/α-hetero) is 1. The van der Waals surface area contributed by atoms with E-state index in [4.69, 9.17) is 10.5 Å². The van der Waals surface area contributed by atoms with Crippen molar-refractivity contribution < 1.29 is 18.3 Å². The number of carbonyl (C=O) groups is 1. The summed E-state index contributed by atoms with van der Waals surface area (Å²) >= 11 is 0. The standard InChI is InChI=1S/C10H11F2NO2/c1-15-6-2-3-7(10(11)12)8(4-6)9(14)5-13/h2-4,10H,5,13H2,1H3. The maximum absolute atomic E-state index is 12.5. The van der Waals surface area contributed by atoms with Crippen LogP contribution in [0.5, 0.6) is 5.75 Å². The molecule has 0 saturated carbocycles. The molecule has 0 atom stereocenters. The zero-order valence-corrected chi connectivity index (χ0v) is 8.17. The van der Waals surface area contributed by atoms with Crippen LogP contribution in [-0.4, -0.2) is 19.4 Å². The van der Waals surface area contributed by atoms with Gasteiger partial charge in [0, 0.05) is 11.1 Å². The second-order valence-corrected chi connectivity index (χ2v) is 2.88. The van der Waals surface area contributed by atoms with Gasteiger partial charge in [0.05, 0.1) is 13.7 Å². The van der Waals surface area contributed by atoms with E-state index in [0.717, 1.165) is 0 Å². The van der Waals surface area contributed by atoms with Crippen LogP contribution in [0.1, 0.15) is 22.3 Å². The van der Waals surface area contributed by atoms with Crippen molar-refractivity contribution in [2.75, 3.05) is 13.7 Å². The third-order valence-electron chi connectivity index (χ3n) is 1.98. The normalized spacial score (nSPS) is 10.5. The van der Waals surface area contributed by atoms with E-state index < -0.39 is 12.2 Å². The Morgan fingerprint density at radius 2 is 2.20 bits per heavy atom. The van der Waals surface area contributed by atoms with E-state index in [0.29, 0.717) is 5.75 Å². The van der Waals surface area contributed by atoms with Gasteiger partial charge in [0.2, 0.25) is 0 Å². The highest BCUT2D eigenvalue weighted by atomic mass is 19.3. The van der Waals surface area contributed by atoms with Gasteiger partial charge >= 0.3 is 0 Å². The van der Waals surface area contributed by atoms with Gasteiger partial charge in [0.15, 0.2) is 5.78 Å². The van der Waals surface area contributed by atoms with Gasteiger partial charge in [-0.3, -0.25) is 4.79 Å². The van der Waals surface area contributed by atoms with Crippen molar-refractivity contribution in [1.29, 1.82) is 0 Å². The Bertz CT molecular complexity index is 366. The van der Waals surface area contributed by atoms with Crippen LogP contribution in [0.15, 0.2) is 18.2 Å². The Morgan fingerprint density at radius 1 is 1.53 bits per heavy atom. The summed E-state index contributed by atoms with van der Waals surface area (Å²) in [6, 6.07) is 3.83. The smallest absolute Gasteiger partial charge is 0.264 e. The molecule has 0 spiro atoms. The molecule has 0 aliphatic carbocycles. The first kappa shape index (κ1) is 11.6. The van der Waals surface area contributed by atoms with Crippen molar-refractivity contribution in [3.63, 3.8) is 0 Å². The van der Waals surface area contributed by atoms with E-state index in [-0.39, 0.29) is 17.7 Å². The lowest BCUT2D eigenvalue weighted by molar-refractivity contribution is 0.0987. The number of nitrogens with two attached hydrogens (primary N) is 1. The number of hydrogen-bond acceptors (Lipinski definition) is 3. The molecule has 5 heteroatoms. The molecule has 0 heterocycles. The molecular formula is C10H11F2NO2. The number of methoxy groups -OCH3 is 1. The fourth-order valence-corrected chi connectivity index (χ4v) is 1.20. The van der Waals surface area contributed by atoms with Crippen LogP contribution in [0.3, 0.4) is 0 Å². The van der Waals surface area contributed by atoms with Crippen molar-refractivity contribution >= 4 is 5.78 Å². The highest BCUT2D eigenvalue weighted by molar-refractivity contribution is 5.99. The molecule has 0 saturated heterocycles. The summed E-state index contributed by atoms with van der Waals surface area (Å²) in [5.41, 5.74) is 4.74. The van der Waals surface area contributed by atoms with Gasteiger partial charge in [-0.05, 0) is 18.2 Å². The summed E-state index contributed by atoms with van der Waals surface area (Å²) in [4.78, 5) is 11.3. The SMILES string of the molecule is COc1ccc(C(F)F)c(C(=O)CN)c1. The molecule has 0 bridgehead atoms. The minimum Gasteiger partial charge on any atom is -0.497 e. The predicted octanol–water partition coefficient (Wildman–Crippen LogP) is 1.77. The van der Waals surface area contributed by atoms with Crippen LogP contribution < -0.4 is 10.5 Å². The minimum atomic E-state index is -2.69. The van der Waals surface area contributed by atoms with Gasteiger partial charge in [0.1, 0.15) is 5.75 Å². The van der Waals surface area contributed by atoms with Crippen LogP contribution in [0.25, 0.3) is 0 Å². The first-order valence-electron chi connectivity index (χ1n) is 4.29. The summed E-state index contributed by atoms with van der Waals surface area (Å²) in [5.74, 6) is -0.166. The number of ether oxygens (including phenoxy) is 1. The van der Waals surface area contributed by atoms with Gasteiger partial charge in [0.25, 0.3) is 6.43 Å². The van der Waals surface area contributed by atoms with Crippen molar-refractivity contribution in [1.82, 2.24) is 0 Å². The Morgan fingerprint density at radius 3 is 2.67 bits per heavy atom. The van der Waals surface area contributed by atoms with Crippen LogP contribution >= 0.6 is 0 Å². The van der Waals surface area contributed by atoms with Crippen LogP contribution in [0, 0.1) is 0 Å². The first-order valence-corrected chi connectivity index (χ1v) is 4.29. The lowest BCUT2D eigenvalue weighted by atomic mass is 10.0. The minimum absolute atomic E-state index is 0.0770. The number of ketones is 1. The Kier molecular flexibility index (Phi) is 3.74. The molecule has 0 fully saturated rings. The van der Waals surface area contributed by atoms with E-state index in [1.54, 1.807) is 0 Å². The van der Waals surface area contributed by atoms with E-state index >= 15 is 0 Å². The number of carbonyl (C=O) groups excluding carboxylic acids is 1. The summed E-state index contributed by atoms with van der Waals surface area (Å²) in [6.45, 7) is -0.299. The maximum atomic E-state index is 12.5. The third-order valence-corrected chi connectivity index (χ3v) is 1.98. The maximum Gasteiger partial charge on any atom is 0.264 e.